The highest BCUT2D eigenvalue weighted by Crippen LogP contribution is 2.60. The number of alkyl halides is 2. The summed E-state index contributed by atoms with van der Waals surface area (Å²) >= 11 is 13.2. The molecule has 1 aliphatic heterocycles. The van der Waals surface area contributed by atoms with Crippen LogP contribution in [0, 0.1) is 23.7 Å². The number of benzene rings is 1. The second-order valence-corrected chi connectivity index (χ2v) is 10.7. The molecule has 11 heteroatoms. The van der Waals surface area contributed by atoms with Crippen LogP contribution < -0.4 is 10.1 Å². The number of ether oxygens (including phenoxy) is 2. The lowest BCUT2D eigenvalue weighted by atomic mass is 9.81. The number of nitrogens with one attached hydrogen (secondary N) is 1. The first-order chi connectivity index (χ1) is 15.2. The lowest BCUT2D eigenvalue weighted by Gasteiger charge is -2.28. The third kappa shape index (κ3) is 4.17. The SMILES string of the molecule is COc1ccc(Cl)cc1NC(=O)COC(=O)CCN1C(=O)[C@@H]2[C@H]3C[C@@H]([C@H](Br)[C@H]3Br)[C@H]2C1=O. The predicted octanol–water partition coefficient (Wildman–Crippen LogP) is 3.00. The van der Waals surface area contributed by atoms with Crippen molar-refractivity contribution in [2.45, 2.75) is 22.5 Å². The summed E-state index contributed by atoms with van der Waals surface area (Å²) in [5.41, 5.74) is 0.352. The molecule has 0 unspecified atom stereocenters. The van der Waals surface area contributed by atoms with Crippen LogP contribution in [0.3, 0.4) is 0 Å². The van der Waals surface area contributed by atoms with Gasteiger partial charge in [-0.3, -0.25) is 24.1 Å². The van der Waals surface area contributed by atoms with E-state index < -0.39 is 18.5 Å². The van der Waals surface area contributed by atoms with Gasteiger partial charge in [0.25, 0.3) is 5.91 Å². The van der Waals surface area contributed by atoms with Gasteiger partial charge in [0.2, 0.25) is 11.8 Å². The zero-order chi connectivity index (χ0) is 23.2. The molecule has 1 aromatic carbocycles. The average molecular weight is 593 g/mol. The molecule has 172 valence electrons. The quantitative estimate of drug-likeness (QED) is 0.297. The van der Waals surface area contributed by atoms with Crippen LogP contribution in [0.1, 0.15) is 12.8 Å². The van der Waals surface area contributed by atoms with Crippen molar-refractivity contribution in [3.8, 4) is 5.75 Å². The molecule has 6 atom stereocenters. The second-order valence-electron chi connectivity index (χ2n) is 8.14. The molecule has 1 heterocycles. The Bertz CT molecular complexity index is 944. The molecule has 3 fully saturated rings. The molecular weight excluding hydrogens is 572 g/mol. The van der Waals surface area contributed by atoms with E-state index in [0.29, 0.717) is 16.5 Å². The molecule has 3 amide bonds. The largest absolute Gasteiger partial charge is 0.495 e. The van der Waals surface area contributed by atoms with Crippen molar-refractivity contribution in [2.75, 3.05) is 25.6 Å². The number of carbonyl (C=O) groups excluding carboxylic acids is 4. The molecule has 1 saturated heterocycles. The minimum atomic E-state index is -0.671. The minimum absolute atomic E-state index is 0.0490. The highest BCUT2D eigenvalue weighted by Gasteiger charge is 2.66. The number of esters is 1. The highest BCUT2D eigenvalue weighted by atomic mass is 79.9. The summed E-state index contributed by atoms with van der Waals surface area (Å²) in [4.78, 5) is 51.4. The lowest BCUT2D eigenvalue weighted by Crippen LogP contribution is -2.37. The number of carbonyl (C=O) groups is 4. The Balaban J connectivity index is 1.27. The maximum Gasteiger partial charge on any atom is 0.308 e. The topological polar surface area (TPSA) is 102 Å². The van der Waals surface area contributed by atoms with Crippen LogP contribution >= 0.6 is 43.5 Å². The van der Waals surface area contributed by atoms with Crippen molar-refractivity contribution in [1.29, 1.82) is 0 Å². The fourth-order valence-electron chi connectivity index (χ4n) is 5.02. The second kappa shape index (κ2) is 9.30. The average Bonchev–Trinajstić information content (AvgIpc) is 3.36. The van der Waals surface area contributed by atoms with Gasteiger partial charge in [-0.15, -0.1) is 0 Å². The maximum absolute atomic E-state index is 12.8. The summed E-state index contributed by atoms with van der Waals surface area (Å²) in [7, 11) is 1.45. The summed E-state index contributed by atoms with van der Waals surface area (Å²) < 4.78 is 10.2. The van der Waals surface area contributed by atoms with Crippen LogP contribution in [-0.4, -0.2) is 58.5 Å². The van der Waals surface area contributed by atoms with Crippen molar-refractivity contribution in [1.82, 2.24) is 4.90 Å². The Labute approximate surface area is 206 Å². The Morgan fingerprint density at radius 1 is 1.16 bits per heavy atom. The molecule has 32 heavy (non-hydrogen) atoms. The zero-order valence-electron chi connectivity index (χ0n) is 17.1. The Kier molecular flexibility index (Phi) is 6.84. The number of hydrogen-bond donors (Lipinski definition) is 1. The van der Waals surface area contributed by atoms with E-state index >= 15 is 0 Å². The van der Waals surface area contributed by atoms with Gasteiger partial charge in [-0.25, -0.2) is 0 Å². The maximum atomic E-state index is 12.8. The van der Waals surface area contributed by atoms with E-state index in [0.717, 1.165) is 6.42 Å². The van der Waals surface area contributed by atoms with Crippen molar-refractivity contribution in [2.24, 2.45) is 23.7 Å². The van der Waals surface area contributed by atoms with Crippen molar-refractivity contribution >= 4 is 72.8 Å². The molecular formula is C21H21Br2ClN2O6. The fraction of sp³-hybridized carbons (Fsp3) is 0.524. The summed E-state index contributed by atoms with van der Waals surface area (Å²) in [5, 5.41) is 2.98. The van der Waals surface area contributed by atoms with Crippen LogP contribution in [0.25, 0.3) is 0 Å². The Hall–Kier alpha value is -1.65. The van der Waals surface area contributed by atoms with Gasteiger partial charge in [0.1, 0.15) is 5.75 Å². The standard InChI is InChI=1S/C21H21Br2ClN2O6/c1-31-13-3-2-9(24)6-12(13)25-14(27)8-32-15(28)4-5-26-20(29)16-10-7-11(17(16)21(26)30)19(23)18(10)22/h2-3,6,10-11,16-19H,4-5,7-8H2,1H3,(H,25,27)/t10-,11-,16-,17-,18+,19+/m1/s1. The van der Waals surface area contributed by atoms with Crippen LogP contribution in [0.5, 0.6) is 5.75 Å². The van der Waals surface area contributed by atoms with Gasteiger partial charge in [-0.2, -0.15) is 0 Å². The van der Waals surface area contributed by atoms with E-state index in [-0.39, 0.29) is 58.1 Å². The van der Waals surface area contributed by atoms with E-state index in [1.54, 1.807) is 12.1 Å². The molecule has 8 nitrogen and oxygen atoms in total. The van der Waals surface area contributed by atoms with Crippen molar-refractivity contribution < 1.29 is 28.7 Å². The van der Waals surface area contributed by atoms with E-state index in [4.69, 9.17) is 21.1 Å². The van der Waals surface area contributed by atoms with Crippen molar-refractivity contribution in [3.05, 3.63) is 23.2 Å². The molecule has 2 aliphatic carbocycles. The number of anilines is 1. The Morgan fingerprint density at radius 3 is 2.38 bits per heavy atom. The van der Waals surface area contributed by atoms with Gasteiger partial charge in [0, 0.05) is 21.2 Å². The number of fused-ring (bicyclic) bond motifs is 5. The van der Waals surface area contributed by atoms with Gasteiger partial charge in [0.15, 0.2) is 6.61 Å². The van der Waals surface area contributed by atoms with Gasteiger partial charge >= 0.3 is 5.97 Å². The molecule has 2 bridgehead atoms. The first kappa shape index (κ1) is 23.5. The predicted molar refractivity (Wildman–Crippen MR) is 123 cm³/mol. The van der Waals surface area contributed by atoms with E-state index in [2.05, 4.69) is 37.2 Å². The number of imide groups is 1. The molecule has 0 aromatic heterocycles. The van der Waals surface area contributed by atoms with E-state index in [1.807, 2.05) is 0 Å². The normalized spacial score (nSPS) is 30.4. The smallest absolute Gasteiger partial charge is 0.308 e. The molecule has 3 aliphatic rings. The zero-order valence-corrected chi connectivity index (χ0v) is 21.0. The molecule has 1 aromatic rings. The number of likely N-dealkylation sites (tertiary alicyclic amines) is 1. The van der Waals surface area contributed by atoms with Crippen molar-refractivity contribution in [3.63, 3.8) is 0 Å². The van der Waals surface area contributed by atoms with Gasteiger partial charge < -0.3 is 14.8 Å². The van der Waals surface area contributed by atoms with Crippen LogP contribution in [-0.2, 0) is 23.9 Å². The molecule has 2 saturated carbocycles. The van der Waals surface area contributed by atoms with Crippen LogP contribution in [0.2, 0.25) is 5.02 Å². The number of halogens is 3. The number of rotatable bonds is 7. The van der Waals surface area contributed by atoms with Crippen LogP contribution in [0.4, 0.5) is 5.69 Å². The molecule has 1 N–H and O–H groups in total. The first-order valence-corrected chi connectivity index (χ1v) is 12.4. The van der Waals surface area contributed by atoms with E-state index in [9.17, 15) is 19.2 Å². The summed E-state index contributed by atoms with van der Waals surface area (Å²) in [5.74, 6) is -1.65. The number of nitrogens with zero attached hydrogens (tertiary/aromatic N) is 1. The summed E-state index contributed by atoms with van der Waals surface area (Å²) in [6.07, 6.45) is 0.677. The first-order valence-electron chi connectivity index (χ1n) is 10.1. The number of amides is 3. The Morgan fingerprint density at radius 2 is 1.78 bits per heavy atom. The number of hydrogen-bond acceptors (Lipinski definition) is 6. The fourth-order valence-corrected chi connectivity index (χ4v) is 7.06. The van der Waals surface area contributed by atoms with E-state index in [1.165, 1.54) is 18.1 Å². The minimum Gasteiger partial charge on any atom is -0.495 e. The van der Waals surface area contributed by atoms with Gasteiger partial charge in [-0.05, 0) is 36.5 Å². The third-order valence-corrected chi connectivity index (χ3v) is 9.86. The molecule has 0 radical (unpaired) electrons. The number of methoxy groups -OCH3 is 1. The summed E-state index contributed by atoms with van der Waals surface area (Å²) in [6, 6.07) is 4.74. The van der Waals surface area contributed by atoms with Gasteiger partial charge in [-0.1, -0.05) is 43.5 Å². The lowest BCUT2D eigenvalue weighted by molar-refractivity contribution is -0.149. The van der Waals surface area contributed by atoms with Crippen LogP contribution in [0.15, 0.2) is 18.2 Å². The summed E-state index contributed by atoms with van der Waals surface area (Å²) in [6.45, 7) is -0.561. The monoisotopic (exact) mass is 590 g/mol. The molecule has 0 spiro atoms. The highest BCUT2D eigenvalue weighted by molar-refractivity contribution is 9.12. The molecule has 4 rings (SSSR count). The third-order valence-electron chi connectivity index (χ3n) is 6.42. The van der Waals surface area contributed by atoms with Gasteiger partial charge in [0.05, 0.1) is 31.1 Å².